The van der Waals surface area contributed by atoms with Crippen molar-refractivity contribution in [1.29, 1.82) is 0 Å². The normalized spacial score (nSPS) is 14.8. The zero-order valence-corrected chi connectivity index (χ0v) is 19.0. The molecule has 1 N–H and O–H groups in total. The number of nitrogens with one attached hydrogen (secondary N) is 1. The average Bonchev–Trinajstić information content (AvgIpc) is 2.80. The van der Waals surface area contributed by atoms with Crippen molar-refractivity contribution in [3.8, 4) is 5.88 Å². The number of halogens is 1. The average molecular weight is 437 g/mol. The zero-order chi connectivity index (χ0) is 22.3. The SMILES string of the molecule is CCC(C)(Oc1ccccn1)C(=O)NCC(c1ccccc1)C(C)c1ccc(Cl)cc1. The molecule has 0 fully saturated rings. The van der Waals surface area contributed by atoms with Crippen LogP contribution in [0.15, 0.2) is 79.0 Å². The highest BCUT2D eigenvalue weighted by atomic mass is 35.5. The number of ether oxygens (including phenoxy) is 1. The van der Waals surface area contributed by atoms with Crippen molar-refractivity contribution in [1.82, 2.24) is 10.3 Å². The third kappa shape index (κ3) is 5.86. The summed E-state index contributed by atoms with van der Waals surface area (Å²) < 4.78 is 5.97. The number of benzene rings is 2. The minimum atomic E-state index is -1.00. The largest absolute Gasteiger partial charge is 0.461 e. The van der Waals surface area contributed by atoms with E-state index >= 15 is 0 Å². The molecule has 5 heteroatoms. The monoisotopic (exact) mass is 436 g/mol. The van der Waals surface area contributed by atoms with Crippen LogP contribution in [0, 0.1) is 0 Å². The quantitative estimate of drug-likeness (QED) is 0.448. The van der Waals surface area contributed by atoms with Crippen molar-refractivity contribution < 1.29 is 9.53 Å². The summed E-state index contributed by atoms with van der Waals surface area (Å²) in [4.78, 5) is 17.4. The molecule has 0 spiro atoms. The van der Waals surface area contributed by atoms with Crippen LogP contribution in [0.5, 0.6) is 5.88 Å². The molecular weight excluding hydrogens is 408 g/mol. The van der Waals surface area contributed by atoms with E-state index in [4.69, 9.17) is 16.3 Å². The Morgan fingerprint density at radius 1 is 1.03 bits per heavy atom. The lowest BCUT2D eigenvalue weighted by atomic mass is 9.82. The maximum absolute atomic E-state index is 13.2. The van der Waals surface area contributed by atoms with Gasteiger partial charge in [-0.05, 0) is 48.6 Å². The highest BCUT2D eigenvalue weighted by Crippen LogP contribution is 2.33. The molecular formula is C26H29ClN2O2. The number of hydrogen-bond donors (Lipinski definition) is 1. The molecule has 0 saturated carbocycles. The van der Waals surface area contributed by atoms with Gasteiger partial charge in [0.15, 0.2) is 5.60 Å². The first-order valence-electron chi connectivity index (χ1n) is 10.6. The summed E-state index contributed by atoms with van der Waals surface area (Å²) in [5.74, 6) is 0.577. The molecule has 3 atom stereocenters. The molecule has 0 aliphatic heterocycles. The van der Waals surface area contributed by atoms with Crippen molar-refractivity contribution >= 4 is 17.5 Å². The lowest BCUT2D eigenvalue weighted by Crippen LogP contribution is -2.49. The second-order valence-corrected chi connectivity index (χ2v) is 8.36. The maximum Gasteiger partial charge on any atom is 0.263 e. The lowest BCUT2D eigenvalue weighted by molar-refractivity contribution is -0.136. The van der Waals surface area contributed by atoms with Gasteiger partial charge in [-0.25, -0.2) is 4.98 Å². The standard InChI is InChI=1S/C26H29ClN2O2/c1-4-26(3,31-24-12-8-9-17-28-24)25(30)29-18-23(21-10-6-5-7-11-21)19(2)20-13-15-22(27)16-14-20/h5-17,19,23H,4,18H2,1-3H3,(H,29,30). The number of aromatic nitrogens is 1. The molecule has 1 heterocycles. The fraction of sp³-hybridized carbons (Fsp3) is 0.308. The Kier molecular flexibility index (Phi) is 7.69. The predicted octanol–water partition coefficient (Wildman–Crippen LogP) is 5.99. The summed E-state index contributed by atoms with van der Waals surface area (Å²) in [5.41, 5.74) is 1.35. The van der Waals surface area contributed by atoms with Crippen LogP contribution in [-0.2, 0) is 4.79 Å². The molecule has 4 nitrogen and oxygen atoms in total. The summed E-state index contributed by atoms with van der Waals surface area (Å²) >= 11 is 6.07. The van der Waals surface area contributed by atoms with Gasteiger partial charge in [0.2, 0.25) is 5.88 Å². The number of nitrogens with zero attached hydrogens (tertiary/aromatic N) is 1. The van der Waals surface area contributed by atoms with Crippen LogP contribution in [-0.4, -0.2) is 23.0 Å². The second-order valence-electron chi connectivity index (χ2n) is 7.92. The van der Waals surface area contributed by atoms with Crippen molar-refractivity contribution in [3.63, 3.8) is 0 Å². The molecule has 31 heavy (non-hydrogen) atoms. The van der Waals surface area contributed by atoms with Crippen LogP contribution >= 0.6 is 11.6 Å². The van der Waals surface area contributed by atoms with Gasteiger partial charge in [0.25, 0.3) is 5.91 Å². The minimum absolute atomic E-state index is 0.0993. The predicted molar refractivity (Wildman–Crippen MR) is 126 cm³/mol. The Morgan fingerprint density at radius 2 is 1.71 bits per heavy atom. The molecule has 3 rings (SSSR count). The number of carbonyl (C=O) groups excluding carboxylic acids is 1. The Morgan fingerprint density at radius 3 is 2.32 bits per heavy atom. The third-order valence-corrected chi connectivity index (χ3v) is 6.08. The van der Waals surface area contributed by atoms with Crippen LogP contribution in [0.2, 0.25) is 5.02 Å². The number of amides is 1. The van der Waals surface area contributed by atoms with Crippen LogP contribution in [0.1, 0.15) is 50.2 Å². The van der Waals surface area contributed by atoms with Crippen LogP contribution < -0.4 is 10.1 Å². The van der Waals surface area contributed by atoms with Crippen molar-refractivity contribution in [2.45, 2.75) is 44.6 Å². The topological polar surface area (TPSA) is 51.2 Å². The van der Waals surface area contributed by atoms with Gasteiger partial charge in [0, 0.05) is 29.7 Å². The number of carbonyl (C=O) groups is 1. The lowest BCUT2D eigenvalue weighted by Gasteiger charge is -2.30. The fourth-order valence-electron chi connectivity index (χ4n) is 3.59. The number of rotatable bonds is 9. The highest BCUT2D eigenvalue weighted by molar-refractivity contribution is 6.30. The first kappa shape index (κ1) is 22.8. The molecule has 0 aliphatic rings. The van der Waals surface area contributed by atoms with Crippen LogP contribution in [0.25, 0.3) is 0 Å². The van der Waals surface area contributed by atoms with Gasteiger partial charge >= 0.3 is 0 Å². The molecule has 3 aromatic rings. The van der Waals surface area contributed by atoms with E-state index in [1.165, 1.54) is 11.1 Å². The number of pyridine rings is 1. The van der Waals surface area contributed by atoms with Gasteiger partial charge in [0.1, 0.15) is 0 Å². The summed E-state index contributed by atoms with van der Waals surface area (Å²) in [6, 6.07) is 23.6. The van der Waals surface area contributed by atoms with E-state index < -0.39 is 5.60 Å². The van der Waals surface area contributed by atoms with E-state index in [9.17, 15) is 4.79 Å². The zero-order valence-electron chi connectivity index (χ0n) is 18.2. The van der Waals surface area contributed by atoms with E-state index in [0.29, 0.717) is 23.9 Å². The third-order valence-electron chi connectivity index (χ3n) is 5.83. The Hall–Kier alpha value is -2.85. The van der Waals surface area contributed by atoms with Crippen LogP contribution in [0.3, 0.4) is 0 Å². The number of hydrogen-bond acceptors (Lipinski definition) is 3. The molecule has 1 aromatic heterocycles. The molecule has 0 radical (unpaired) electrons. The van der Waals surface area contributed by atoms with Crippen molar-refractivity contribution in [3.05, 3.63) is 95.1 Å². The van der Waals surface area contributed by atoms with E-state index in [0.717, 1.165) is 0 Å². The summed E-state index contributed by atoms with van der Waals surface area (Å²) in [6.45, 7) is 6.41. The molecule has 0 saturated heterocycles. The van der Waals surface area contributed by atoms with Gasteiger partial charge in [-0.2, -0.15) is 0 Å². The molecule has 0 aliphatic carbocycles. The summed E-state index contributed by atoms with van der Waals surface area (Å²) in [6.07, 6.45) is 2.18. The second kappa shape index (κ2) is 10.5. The first-order chi connectivity index (χ1) is 14.9. The van der Waals surface area contributed by atoms with E-state index in [1.54, 1.807) is 19.2 Å². The smallest absolute Gasteiger partial charge is 0.263 e. The molecule has 2 aromatic carbocycles. The highest BCUT2D eigenvalue weighted by Gasteiger charge is 2.35. The van der Waals surface area contributed by atoms with E-state index in [1.807, 2.05) is 61.5 Å². The molecule has 1 amide bonds. The van der Waals surface area contributed by atoms with Gasteiger partial charge in [-0.3, -0.25) is 4.79 Å². The van der Waals surface area contributed by atoms with E-state index in [-0.39, 0.29) is 17.7 Å². The van der Waals surface area contributed by atoms with Gasteiger partial charge in [-0.15, -0.1) is 0 Å². The van der Waals surface area contributed by atoms with Crippen LogP contribution in [0.4, 0.5) is 0 Å². The maximum atomic E-state index is 13.2. The fourth-order valence-corrected chi connectivity index (χ4v) is 3.72. The van der Waals surface area contributed by atoms with Crippen molar-refractivity contribution in [2.75, 3.05) is 6.54 Å². The van der Waals surface area contributed by atoms with E-state index in [2.05, 4.69) is 29.4 Å². The Bertz CT molecular complexity index is 964. The summed E-state index contributed by atoms with van der Waals surface area (Å²) in [7, 11) is 0. The Balaban J connectivity index is 1.77. The molecule has 0 bridgehead atoms. The minimum Gasteiger partial charge on any atom is -0.461 e. The van der Waals surface area contributed by atoms with Crippen molar-refractivity contribution in [2.24, 2.45) is 0 Å². The van der Waals surface area contributed by atoms with Gasteiger partial charge < -0.3 is 10.1 Å². The first-order valence-corrected chi connectivity index (χ1v) is 11.0. The van der Waals surface area contributed by atoms with Gasteiger partial charge in [-0.1, -0.05) is 74.0 Å². The van der Waals surface area contributed by atoms with Gasteiger partial charge in [0.05, 0.1) is 0 Å². The molecule has 162 valence electrons. The summed E-state index contributed by atoms with van der Waals surface area (Å²) in [5, 5.41) is 3.85. The Labute approximate surface area is 189 Å². The molecule has 3 unspecified atom stereocenters.